The second-order valence-corrected chi connectivity index (χ2v) is 3.25. The van der Waals surface area contributed by atoms with E-state index in [0.29, 0.717) is 6.42 Å². The first-order chi connectivity index (χ1) is 6.27. The van der Waals surface area contributed by atoms with Gasteiger partial charge in [-0.3, -0.25) is 4.79 Å². The van der Waals surface area contributed by atoms with E-state index in [9.17, 15) is 4.79 Å². The zero-order valence-electron chi connectivity index (χ0n) is 8.46. The summed E-state index contributed by atoms with van der Waals surface area (Å²) in [5.41, 5.74) is 0. The summed E-state index contributed by atoms with van der Waals surface area (Å²) in [6, 6.07) is 0. The van der Waals surface area contributed by atoms with Crippen molar-refractivity contribution in [2.24, 2.45) is 0 Å². The summed E-state index contributed by atoms with van der Waals surface area (Å²) in [5, 5.41) is 8.35. The minimum atomic E-state index is -0.712. The van der Waals surface area contributed by atoms with Crippen molar-refractivity contribution in [3.63, 3.8) is 0 Å². The summed E-state index contributed by atoms with van der Waals surface area (Å²) in [7, 11) is 0. The molecule has 0 radical (unpaired) electrons. The SMILES string of the molecule is CCCCCCC=CCCC(=O)O. The van der Waals surface area contributed by atoms with Crippen molar-refractivity contribution in [2.75, 3.05) is 0 Å². The number of carboxylic acids is 1. The maximum absolute atomic E-state index is 10.1. The van der Waals surface area contributed by atoms with E-state index in [4.69, 9.17) is 5.11 Å². The zero-order valence-corrected chi connectivity index (χ0v) is 8.46. The molecule has 13 heavy (non-hydrogen) atoms. The number of carboxylic acid groups (broad SMARTS) is 1. The predicted molar refractivity (Wildman–Crippen MR) is 54.8 cm³/mol. The summed E-state index contributed by atoms with van der Waals surface area (Å²) in [5.74, 6) is -0.712. The van der Waals surface area contributed by atoms with Crippen molar-refractivity contribution in [1.29, 1.82) is 0 Å². The second-order valence-electron chi connectivity index (χ2n) is 3.25. The third-order valence-electron chi connectivity index (χ3n) is 1.92. The topological polar surface area (TPSA) is 37.3 Å². The van der Waals surface area contributed by atoms with E-state index >= 15 is 0 Å². The Morgan fingerprint density at radius 3 is 2.46 bits per heavy atom. The molecule has 0 aromatic carbocycles. The van der Waals surface area contributed by atoms with Gasteiger partial charge in [0.05, 0.1) is 0 Å². The largest absolute Gasteiger partial charge is 0.481 e. The van der Waals surface area contributed by atoms with Crippen LogP contribution in [0.15, 0.2) is 12.2 Å². The average molecular weight is 184 g/mol. The van der Waals surface area contributed by atoms with E-state index in [1.165, 1.54) is 25.7 Å². The lowest BCUT2D eigenvalue weighted by Crippen LogP contribution is -1.91. The number of carbonyl (C=O) groups is 1. The summed E-state index contributed by atoms with van der Waals surface area (Å²) < 4.78 is 0. The van der Waals surface area contributed by atoms with Crippen molar-refractivity contribution in [3.8, 4) is 0 Å². The third-order valence-corrected chi connectivity index (χ3v) is 1.92. The fraction of sp³-hybridized carbons (Fsp3) is 0.727. The van der Waals surface area contributed by atoms with Gasteiger partial charge in [0.1, 0.15) is 0 Å². The van der Waals surface area contributed by atoms with Gasteiger partial charge in [0, 0.05) is 6.42 Å². The van der Waals surface area contributed by atoms with Gasteiger partial charge in [0.25, 0.3) is 0 Å². The number of hydrogen-bond acceptors (Lipinski definition) is 1. The van der Waals surface area contributed by atoms with Gasteiger partial charge < -0.3 is 5.11 Å². The van der Waals surface area contributed by atoms with Crippen LogP contribution in [-0.4, -0.2) is 11.1 Å². The zero-order chi connectivity index (χ0) is 9.94. The molecule has 0 heterocycles. The van der Waals surface area contributed by atoms with Crippen LogP contribution in [0.1, 0.15) is 51.9 Å². The van der Waals surface area contributed by atoms with Gasteiger partial charge in [-0.05, 0) is 19.3 Å². The molecule has 0 fully saturated rings. The highest BCUT2D eigenvalue weighted by atomic mass is 16.4. The molecule has 0 aliphatic rings. The molecule has 76 valence electrons. The van der Waals surface area contributed by atoms with E-state index in [1.807, 2.05) is 6.08 Å². The highest BCUT2D eigenvalue weighted by Crippen LogP contribution is 2.03. The molecule has 0 unspecified atom stereocenters. The van der Waals surface area contributed by atoms with Gasteiger partial charge in [-0.1, -0.05) is 38.3 Å². The Hall–Kier alpha value is -0.790. The van der Waals surface area contributed by atoms with Crippen molar-refractivity contribution in [1.82, 2.24) is 0 Å². The number of hydrogen-bond donors (Lipinski definition) is 1. The summed E-state index contributed by atoms with van der Waals surface area (Å²) >= 11 is 0. The monoisotopic (exact) mass is 184 g/mol. The van der Waals surface area contributed by atoms with Crippen molar-refractivity contribution >= 4 is 5.97 Å². The normalized spacial score (nSPS) is 10.8. The van der Waals surface area contributed by atoms with Crippen LogP contribution in [0.25, 0.3) is 0 Å². The van der Waals surface area contributed by atoms with Crippen LogP contribution in [0.2, 0.25) is 0 Å². The predicted octanol–water partition coefficient (Wildman–Crippen LogP) is 3.38. The molecular weight excluding hydrogens is 164 g/mol. The molecule has 2 heteroatoms. The summed E-state index contributed by atoms with van der Waals surface area (Å²) in [6.45, 7) is 2.20. The smallest absolute Gasteiger partial charge is 0.303 e. The standard InChI is InChI=1S/C11H20O2/c1-2-3-4-5-6-7-8-9-10-11(12)13/h7-8H,2-6,9-10H2,1H3,(H,12,13). The van der Waals surface area contributed by atoms with Gasteiger partial charge in [0.2, 0.25) is 0 Å². The molecule has 0 aliphatic carbocycles. The van der Waals surface area contributed by atoms with Crippen LogP contribution < -0.4 is 0 Å². The molecule has 0 atom stereocenters. The molecule has 0 aromatic rings. The Morgan fingerprint density at radius 2 is 1.85 bits per heavy atom. The average Bonchev–Trinajstić information content (AvgIpc) is 2.09. The lowest BCUT2D eigenvalue weighted by molar-refractivity contribution is -0.136. The number of aliphatic carboxylic acids is 1. The van der Waals surface area contributed by atoms with E-state index < -0.39 is 5.97 Å². The van der Waals surface area contributed by atoms with Crippen LogP contribution in [0.5, 0.6) is 0 Å². The van der Waals surface area contributed by atoms with Gasteiger partial charge in [-0.25, -0.2) is 0 Å². The molecular formula is C11H20O2. The molecule has 0 bridgehead atoms. The highest BCUT2D eigenvalue weighted by molar-refractivity contribution is 5.66. The van der Waals surface area contributed by atoms with Crippen molar-refractivity contribution in [2.45, 2.75) is 51.9 Å². The molecule has 1 N–H and O–H groups in total. The van der Waals surface area contributed by atoms with Crippen LogP contribution in [0.4, 0.5) is 0 Å². The quantitative estimate of drug-likeness (QED) is 0.464. The Balaban J connectivity index is 3.08. The van der Waals surface area contributed by atoms with Gasteiger partial charge in [0.15, 0.2) is 0 Å². The van der Waals surface area contributed by atoms with E-state index in [1.54, 1.807) is 0 Å². The molecule has 0 saturated carbocycles. The first-order valence-corrected chi connectivity index (χ1v) is 5.14. The second kappa shape index (κ2) is 9.30. The number of rotatable bonds is 8. The van der Waals surface area contributed by atoms with Crippen molar-refractivity contribution in [3.05, 3.63) is 12.2 Å². The van der Waals surface area contributed by atoms with Gasteiger partial charge >= 0.3 is 5.97 Å². The molecule has 0 spiro atoms. The van der Waals surface area contributed by atoms with Crippen LogP contribution in [0.3, 0.4) is 0 Å². The summed E-state index contributed by atoms with van der Waals surface area (Å²) in [4.78, 5) is 10.1. The van der Waals surface area contributed by atoms with E-state index in [0.717, 1.165) is 6.42 Å². The molecule has 0 saturated heterocycles. The first kappa shape index (κ1) is 12.2. The Kier molecular flexibility index (Phi) is 8.73. The van der Waals surface area contributed by atoms with Gasteiger partial charge in [-0.2, -0.15) is 0 Å². The molecule has 0 aromatic heterocycles. The molecule has 2 nitrogen and oxygen atoms in total. The van der Waals surface area contributed by atoms with Crippen LogP contribution >= 0.6 is 0 Å². The Labute approximate surface area is 80.7 Å². The first-order valence-electron chi connectivity index (χ1n) is 5.14. The lowest BCUT2D eigenvalue weighted by atomic mass is 10.1. The molecule has 0 aliphatic heterocycles. The minimum Gasteiger partial charge on any atom is -0.481 e. The van der Waals surface area contributed by atoms with E-state index in [2.05, 4.69) is 13.0 Å². The summed E-state index contributed by atoms with van der Waals surface area (Å²) in [6.07, 6.45) is 11.2. The maximum Gasteiger partial charge on any atom is 0.303 e. The van der Waals surface area contributed by atoms with Crippen molar-refractivity contribution < 1.29 is 9.90 Å². The molecule has 0 amide bonds. The minimum absolute atomic E-state index is 0.255. The number of allylic oxidation sites excluding steroid dienone is 2. The fourth-order valence-electron chi connectivity index (χ4n) is 1.13. The van der Waals surface area contributed by atoms with Crippen LogP contribution in [-0.2, 0) is 4.79 Å². The lowest BCUT2D eigenvalue weighted by Gasteiger charge is -1.93. The molecule has 0 rings (SSSR count). The van der Waals surface area contributed by atoms with E-state index in [-0.39, 0.29) is 6.42 Å². The Bertz CT molecular complexity index is 150. The van der Waals surface area contributed by atoms with Crippen LogP contribution in [0, 0.1) is 0 Å². The highest BCUT2D eigenvalue weighted by Gasteiger charge is 1.91. The number of unbranched alkanes of at least 4 members (excludes halogenated alkanes) is 4. The fourth-order valence-corrected chi connectivity index (χ4v) is 1.13. The maximum atomic E-state index is 10.1. The third kappa shape index (κ3) is 11.2. The Morgan fingerprint density at radius 1 is 1.15 bits per heavy atom. The van der Waals surface area contributed by atoms with Gasteiger partial charge in [-0.15, -0.1) is 0 Å².